The van der Waals surface area contributed by atoms with Crippen molar-refractivity contribution < 1.29 is 67.0 Å². The molecule has 30 heavy (non-hydrogen) atoms. The summed E-state index contributed by atoms with van der Waals surface area (Å²) in [6, 6.07) is 0.324. The van der Waals surface area contributed by atoms with Crippen LogP contribution in [0, 0.1) is 0 Å². The Balaban J connectivity index is -0.000000378. The quantitative estimate of drug-likeness (QED) is 0.0851. The number of nitrogens with zero attached hydrogens (tertiary/aromatic N) is 3. The molecule has 0 spiro atoms. The van der Waals surface area contributed by atoms with Gasteiger partial charge < -0.3 is 50.5 Å². The lowest BCUT2D eigenvalue weighted by Crippen LogP contribution is -2.42. The van der Waals surface area contributed by atoms with E-state index >= 15 is 0 Å². The second-order valence-corrected chi connectivity index (χ2v) is 4.62. The molecule has 0 unspecified atom stereocenters. The van der Waals surface area contributed by atoms with Crippen LogP contribution in [0.25, 0.3) is 5.53 Å². The molecule has 1 aliphatic carbocycles. The lowest BCUT2D eigenvalue weighted by atomic mass is 10.1. The van der Waals surface area contributed by atoms with Crippen LogP contribution in [0.15, 0.2) is 24.3 Å². The molecule has 20 heteroatoms. The number of hydrogen-bond acceptors (Lipinski definition) is 10. The molecule has 1 heterocycles. The molecule has 12 nitrogen and oxygen atoms in total. The first kappa shape index (κ1) is 33.1. The molecule has 1 saturated heterocycles. The summed E-state index contributed by atoms with van der Waals surface area (Å²) in [6.07, 6.45) is 7.75. The topological polar surface area (TPSA) is 211 Å². The third-order valence-corrected chi connectivity index (χ3v) is 2.51. The fourth-order valence-electron chi connectivity index (χ4n) is 1.70. The third kappa shape index (κ3) is 34.0. The molecule has 1 aliphatic heterocycles. The van der Waals surface area contributed by atoms with Crippen molar-refractivity contribution in [2.75, 3.05) is 26.3 Å². The van der Waals surface area contributed by atoms with Crippen LogP contribution in [0.2, 0.25) is 0 Å². The van der Waals surface area contributed by atoms with Gasteiger partial charge in [0, 0.05) is 31.3 Å². The average Bonchev–Trinajstić information content (AvgIpc) is 2.61. The number of ether oxygens (including phenoxy) is 1. The standard InChI is InChI=1S/C10H13N3O.4BFH2O2/c11-12-9-1-3-10(4-2-9)13-5-7-14-8-6-13;4*2-1(3)4/h1-4,10H,5-8H2;4*3-4H. The van der Waals surface area contributed by atoms with Gasteiger partial charge in [-0.2, -0.15) is 4.79 Å². The molecule has 0 radical (unpaired) electrons. The van der Waals surface area contributed by atoms with Crippen molar-refractivity contribution in [1.29, 1.82) is 0 Å². The maximum Gasteiger partial charge on any atom is 0.674 e. The van der Waals surface area contributed by atoms with Crippen LogP contribution in [0.3, 0.4) is 0 Å². The van der Waals surface area contributed by atoms with E-state index in [2.05, 4.69) is 9.69 Å². The van der Waals surface area contributed by atoms with Crippen molar-refractivity contribution in [3.8, 4) is 0 Å². The van der Waals surface area contributed by atoms with Gasteiger partial charge >= 0.3 is 35.3 Å². The Labute approximate surface area is 170 Å². The van der Waals surface area contributed by atoms with E-state index in [-0.39, 0.29) is 0 Å². The van der Waals surface area contributed by atoms with Crippen molar-refractivity contribution >= 4 is 35.3 Å². The van der Waals surface area contributed by atoms with E-state index in [9.17, 15) is 17.3 Å². The van der Waals surface area contributed by atoms with Gasteiger partial charge in [0.25, 0.3) is 0 Å². The van der Waals surface area contributed by atoms with Gasteiger partial charge in [0.1, 0.15) is 0 Å². The van der Waals surface area contributed by atoms with Crippen molar-refractivity contribution in [1.82, 2.24) is 4.90 Å². The zero-order chi connectivity index (χ0) is 24.1. The Bertz CT molecular complexity index is 460. The second-order valence-electron chi connectivity index (χ2n) is 4.62. The number of hydrogen-bond donors (Lipinski definition) is 8. The molecule has 0 saturated carbocycles. The zero-order valence-electron chi connectivity index (χ0n) is 15.4. The van der Waals surface area contributed by atoms with Crippen LogP contribution in [0.4, 0.5) is 17.3 Å². The lowest BCUT2D eigenvalue weighted by Gasteiger charge is -2.31. The van der Waals surface area contributed by atoms with E-state index in [1.54, 1.807) is 0 Å². The minimum absolute atomic E-state index is 0.324. The number of rotatable bonds is 1. The van der Waals surface area contributed by atoms with Gasteiger partial charge in [-0.1, -0.05) is 12.2 Å². The van der Waals surface area contributed by atoms with Gasteiger partial charge in [-0.05, 0) is 0 Å². The van der Waals surface area contributed by atoms with Gasteiger partial charge in [0.2, 0.25) is 0 Å². The van der Waals surface area contributed by atoms with Gasteiger partial charge in [0.05, 0.1) is 13.2 Å². The Hall–Kier alpha value is -1.56. The largest absolute Gasteiger partial charge is 0.674 e. The number of allylic oxidation sites excluding steroid dienone is 2. The van der Waals surface area contributed by atoms with E-state index in [1.165, 1.54) is 0 Å². The second kappa shape index (κ2) is 22.1. The summed E-state index contributed by atoms with van der Waals surface area (Å²) in [6.45, 7) is 3.54. The zero-order valence-corrected chi connectivity index (χ0v) is 15.4. The summed E-state index contributed by atoms with van der Waals surface area (Å²) < 4.78 is 45.7. The molecule has 0 aromatic heterocycles. The van der Waals surface area contributed by atoms with Gasteiger partial charge in [-0.25, -0.2) is 0 Å². The lowest BCUT2D eigenvalue weighted by molar-refractivity contribution is -0.00200. The van der Waals surface area contributed by atoms with Crippen molar-refractivity contribution in [2.24, 2.45) is 0 Å². The maximum atomic E-state index is 10.1. The van der Waals surface area contributed by atoms with Crippen LogP contribution in [0.1, 0.15) is 0 Å². The van der Waals surface area contributed by atoms with Crippen molar-refractivity contribution in [3.63, 3.8) is 0 Å². The minimum atomic E-state index is -2.67. The third-order valence-electron chi connectivity index (χ3n) is 2.51. The smallest absolute Gasteiger partial charge is 0.398 e. The molecule has 170 valence electrons. The normalized spacial score (nSPS) is 16.5. The van der Waals surface area contributed by atoms with E-state index < -0.39 is 29.6 Å². The summed E-state index contributed by atoms with van der Waals surface area (Å²) in [5.74, 6) is 0. The molecule has 0 aromatic rings. The van der Waals surface area contributed by atoms with Gasteiger partial charge in [-0.15, -0.1) is 0 Å². The number of halogens is 4. The van der Waals surface area contributed by atoms with E-state index in [1.807, 2.05) is 24.3 Å². The van der Waals surface area contributed by atoms with Crippen molar-refractivity contribution in [2.45, 2.75) is 6.04 Å². The van der Waals surface area contributed by atoms with Crippen LogP contribution in [-0.2, 0) is 4.74 Å². The Morgan fingerprint density at radius 2 is 1.10 bits per heavy atom. The molecule has 0 atom stereocenters. The van der Waals surface area contributed by atoms with Gasteiger partial charge in [0.15, 0.2) is 0 Å². The average molecular weight is 447 g/mol. The Morgan fingerprint density at radius 3 is 1.37 bits per heavy atom. The fraction of sp³-hybridized carbons (Fsp3) is 0.500. The van der Waals surface area contributed by atoms with E-state index in [0.29, 0.717) is 11.8 Å². The molecule has 0 bridgehead atoms. The maximum absolute atomic E-state index is 10.1. The Kier molecular flexibility index (Phi) is 24.4. The Morgan fingerprint density at radius 1 is 0.800 bits per heavy atom. The summed E-state index contributed by atoms with van der Waals surface area (Å²) >= 11 is 0. The summed E-state index contributed by atoms with van der Waals surface area (Å²) in [7, 11) is -10.7. The predicted molar refractivity (Wildman–Crippen MR) is 98.3 cm³/mol. The highest BCUT2D eigenvalue weighted by atomic mass is 19.1. The molecule has 2 rings (SSSR count). The minimum Gasteiger partial charge on any atom is -0.398 e. The molecule has 0 amide bonds. The highest BCUT2D eigenvalue weighted by molar-refractivity contribution is 6.32. The first-order valence-electron chi connectivity index (χ1n) is 7.74. The van der Waals surface area contributed by atoms with E-state index in [4.69, 9.17) is 50.5 Å². The molecule has 0 aromatic carbocycles. The van der Waals surface area contributed by atoms with Gasteiger partial charge in [-0.3, -0.25) is 22.2 Å². The first-order valence-corrected chi connectivity index (χ1v) is 7.74. The molecule has 8 N–H and O–H groups in total. The monoisotopic (exact) mass is 447 g/mol. The van der Waals surface area contributed by atoms with Crippen LogP contribution in [0.5, 0.6) is 0 Å². The number of morpholine rings is 1. The van der Waals surface area contributed by atoms with Crippen LogP contribution >= 0.6 is 0 Å². The van der Waals surface area contributed by atoms with E-state index in [0.717, 1.165) is 26.3 Å². The summed E-state index contributed by atoms with van der Waals surface area (Å²) in [5.41, 5.74) is 9.15. The molecule has 1 fully saturated rings. The summed E-state index contributed by atoms with van der Waals surface area (Å²) in [4.78, 5) is 5.46. The highest BCUT2D eigenvalue weighted by Gasteiger charge is 2.19. The molecular weight excluding hydrogens is 425 g/mol. The predicted octanol–water partition coefficient (Wildman–Crippen LogP) is -3.81. The fourth-order valence-corrected chi connectivity index (χ4v) is 1.70. The first-order chi connectivity index (χ1) is 13.8. The van der Waals surface area contributed by atoms with Crippen molar-refractivity contribution in [3.05, 3.63) is 29.8 Å². The highest BCUT2D eigenvalue weighted by Crippen LogP contribution is 2.10. The van der Waals surface area contributed by atoms with Crippen LogP contribution in [-0.4, -0.2) is 118 Å². The van der Waals surface area contributed by atoms with Crippen LogP contribution < -0.4 is 0 Å². The molecule has 2 aliphatic rings. The molecular formula is C10H21B4F4N3O9. The SMILES string of the molecule is OB(O)F.OB(O)F.OB(O)F.OB(O)F.[N-]=[N+]=C1C=CC(N2CCOCC2)C=C1. The summed E-state index contributed by atoms with van der Waals surface area (Å²) in [5, 5.41) is 55.6.